The van der Waals surface area contributed by atoms with E-state index in [4.69, 9.17) is 10.8 Å². The Morgan fingerprint density at radius 1 is 1.56 bits per heavy atom. The number of aryl methyl sites for hydroxylation is 1. The number of thiophene rings is 1. The highest BCUT2D eigenvalue weighted by Gasteiger charge is 2.21. The molecule has 0 aliphatic heterocycles. The standard InChI is InChI=1S/C11H10BrNO2S/c1-5-8(9(13)11(14)15)6-3-2-4-7(12)10(6)16-5/h2-4,9H,13H2,1H3,(H,14,15). The van der Waals surface area contributed by atoms with Gasteiger partial charge >= 0.3 is 5.97 Å². The Morgan fingerprint density at radius 3 is 2.88 bits per heavy atom. The van der Waals surface area contributed by atoms with Gasteiger partial charge in [0.15, 0.2) is 0 Å². The third-order valence-corrected chi connectivity index (χ3v) is 4.56. The van der Waals surface area contributed by atoms with Crippen molar-refractivity contribution in [3.63, 3.8) is 0 Å². The predicted molar refractivity (Wildman–Crippen MR) is 68.8 cm³/mol. The molecule has 2 aromatic rings. The van der Waals surface area contributed by atoms with E-state index in [-0.39, 0.29) is 0 Å². The molecular formula is C11H10BrNO2S. The highest BCUT2D eigenvalue weighted by atomic mass is 79.9. The second-order valence-electron chi connectivity index (χ2n) is 3.50. The number of carboxylic acid groups (broad SMARTS) is 1. The average molecular weight is 300 g/mol. The van der Waals surface area contributed by atoms with Crippen LogP contribution in [0.25, 0.3) is 10.1 Å². The fourth-order valence-electron chi connectivity index (χ4n) is 1.73. The molecule has 1 heterocycles. The van der Waals surface area contributed by atoms with Gasteiger partial charge in [-0.3, -0.25) is 4.79 Å². The molecule has 84 valence electrons. The van der Waals surface area contributed by atoms with Gasteiger partial charge in [-0.1, -0.05) is 12.1 Å². The molecule has 0 spiro atoms. The molecule has 0 fully saturated rings. The van der Waals surface area contributed by atoms with Crippen LogP contribution in [0.1, 0.15) is 16.5 Å². The molecule has 0 radical (unpaired) electrons. The predicted octanol–water partition coefficient (Wildman–Crippen LogP) is 3.06. The molecule has 0 amide bonds. The summed E-state index contributed by atoms with van der Waals surface area (Å²) < 4.78 is 2.02. The fraction of sp³-hybridized carbons (Fsp3) is 0.182. The van der Waals surface area contributed by atoms with Crippen molar-refractivity contribution in [1.82, 2.24) is 0 Å². The summed E-state index contributed by atoms with van der Waals surface area (Å²) >= 11 is 5.01. The largest absolute Gasteiger partial charge is 0.480 e. The van der Waals surface area contributed by atoms with Crippen molar-refractivity contribution in [2.45, 2.75) is 13.0 Å². The van der Waals surface area contributed by atoms with Gasteiger partial charge in [0.05, 0.1) is 0 Å². The van der Waals surface area contributed by atoms with Crippen molar-refractivity contribution in [2.75, 3.05) is 0 Å². The summed E-state index contributed by atoms with van der Waals surface area (Å²) in [5, 5.41) is 9.90. The first-order chi connectivity index (χ1) is 7.52. The molecule has 1 aromatic heterocycles. The molecule has 3 nitrogen and oxygen atoms in total. The van der Waals surface area contributed by atoms with Gasteiger partial charge in [-0.2, -0.15) is 0 Å². The smallest absolute Gasteiger partial charge is 0.325 e. The average Bonchev–Trinajstić information content (AvgIpc) is 2.55. The first-order valence-electron chi connectivity index (χ1n) is 4.68. The van der Waals surface area contributed by atoms with Crippen molar-refractivity contribution >= 4 is 43.3 Å². The lowest BCUT2D eigenvalue weighted by atomic mass is 10.0. The van der Waals surface area contributed by atoms with Crippen molar-refractivity contribution in [2.24, 2.45) is 5.73 Å². The minimum Gasteiger partial charge on any atom is -0.480 e. The Bertz CT molecular complexity index is 564. The molecule has 0 aliphatic rings. The van der Waals surface area contributed by atoms with Gasteiger partial charge in [-0.25, -0.2) is 0 Å². The van der Waals surface area contributed by atoms with E-state index >= 15 is 0 Å². The van der Waals surface area contributed by atoms with Crippen LogP contribution < -0.4 is 5.73 Å². The summed E-state index contributed by atoms with van der Waals surface area (Å²) in [7, 11) is 0. The zero-order valence-corrected chi connectivity index (χ0v) is 10.9. The Morgan fingerprint density at radius 2 is 2.25 bits per heavy atom. The van der Waals surface area contributed by atoms with E-state index in [1.54, 1.807) is 11.3 Å². The minimum atomic E-state index is -0.997. The number of nitrogens with two attached hydrogens (primary N) is 1. The van der Waals surface area contributed by atoms with Crippen molar-refractivity contribution in [1.29, 1.82) is 0 Å². The molecule has 1 unspecified atom stereocenters. The molecular weight excluding hydrogens is 290 g/mol. The SMILES string of the molecule is Cc1sc2c(Br)cccc2c1C(N)C(=O)O. The lowest BCUT2D eigenvalue weighted by molar-refractivity contribution is -0.138. The van der Waals surface area contributed by atoms with Gasteiger partial charge in [0.2, 0.25) is 0 Å². The van der Waals surface area contributed by atoms with E-state index in [1.165, 1.54) is 0 Å². The van der Waals surface area contributed by atoms with E-state index in [2.05, 4.69) is 15.9 Å². The molecule has 1 aromatic carbocycles. The number of carbonyl (C=O) groups is 1. The molecule has 5 heteroatoms. The van der Waals surface area contributed by atoms with E-state index in [1.807, 2.05) is 25.1 Å². The maximum Gasteiger partial charge on any atom is 0.325 e. The highest BCUT2D eigenvalue weighted by Crippen LogP contribution is 2.38. The number of carboxylic acids is 1. The van der Waals surface area contributed by atoms with Gasteiger partial charge in [-0.05, 0) is 34.3 Å². The molecule has 3 N–H and O–H groups in total. The molecule has 0 aliphatic carbocycles. The van der Waals surface area contributed by atoms with Gasteiger partial charge in [-0.15, -0.1) is 11.3 Å². The van der Waals surface area contributed by atoms with Crippen LogP contribution in [0.4, 0.5) is 0 Å². The van der Waals surface area contributed by atoms with Crippen LogP contribution in [0, 0.1) is 6.92 Å². The first kappa shape index (κ1) is 11.6. The number of aliphatic carboxylic acids is 1. The number of fused-ring (bicyclic) bond motifs is 1. The summed E-state index contributed by atoms with van der Waals surface area (Å²) in [4.78, 5) is 11.9. The summed E-state index contributed by atoms with van der Waals surface area (Å²) in [5.74, 6) is -0.997. The Balaban J connectivity index is 2.74. The monoisotopic (exact) mass is 299 g/mol. The summed E-state index contributed by atoms with van der Waals surface area (Å²) in [6, 6.07) is 4.77. The van der Waals surface area contributed by atoms with Gasteiger partial charge in [0.1, 0.15) is 6.04 Å². The van der Waals surface area contributed by atoms with Crippen molar-refractivity contribution in [3.8, 4) is 0 Å². The maximum atomic E-state index is 10.9. The molecule has 0 saturated heterocycles. The molecule has 16 heavy (non-hydrogen) atoms. The summed E-state index contributed by atoms with van der Waals surface area (Å²) in [5.41, 5.74) is 6.41. The number of benzene rings is 1. The van der Waals surface area contributed by atoms with E-state index in [9.17, 15) is 4.79 Å². The van der Waals surface area contributed by atoms with E-state index < -0.39 is 12.0 Å². The van der Waals surface area contributed by atoms with Crippen molar-refractivity contribution < 1.29 is 9.90 Å². The molecule has 1 atom stereocenters. The molecule has 0 bridgehead atoms. The topological polar surface area (TPSA) is 63.3 Å². The third-order valence-electron chi connectivity index (χ3n) is 2.47. The Labute approximate surface area is 105 Å². The minimum absolute atomic E-state index is 0.716. The first-order valence-corrected chi connectivity index (χ1v) is 6.29. The van der Waals surface area contributed by atoms with Gasteiger partial charge in [0.25, 0.3) is 0 Å². The number of rotatable bonds is 2. The third kappa shape index (κ3) is 1.75. The number of hydrogen-bond donors (Lipinski definition) is 2. The highest BCUT2D eigenvalue weighted by molar-refractivity contribution is 9.10. The van der Waals surface area contributed by atoms with Crippen LogP contribution in [0.15, 0.2) is 22.7 Å². The Hall–Kier alpha value is -0.910. The van der Waals surface area contributed by atoms with Crippen LogP contribution in [-0.4, -0.2) is 11.1 Å². The second kappa shape index (κ2) is 4.16. The van der Waals surface area contributed by atoms with Crippen LogP contribution in [-0.2, 0) is 4.79 Å². The second-order valence-corrected chi connectivity index (χ2v) is 5.58. The normalized spacial score (nSPS) is 12.9. The van der Waals surface area contributed by atoms with Crippen LogP contribution in [0.2, 0.25) is 0 Å². The fourth-order valence-corrected chi connectivity index (χ4v) is 3.45. The van der Waals surface area contributed by atoms with Gasteiger partial charge in [0, 0.05) is 19.6 Å². The van der Waals surface area contributed by atoms with E-state index in [0.717, 1.165) is 19.4 Å². The zero-order chi connectivity index (χ0) is 11.9. The molecule has 2 rings (SSSR count). The molecule has 0 saturated carbocycles. The lowest BCUT2D eigenvalue weighted by Crippen LogP contribution is -2.20. The quantitative estimate of drug-likeness (QED) is 0.896. The van der Waals surface area contributed by atoms with Crippen LogP contribution in [0.3, 0.4) is 0 Å². The van der Waals surface area contributed by atoms with Gasteiger partial charge < -0.3 is 10.8 Å². The maximum absolute atomic E-state index is 10.9. The summed E-state index contributed by atoms with van der Waals surface area (Å²) in [6.45, 7) is 1.90. The zero-order valence-electron chi connectivity index (χ0n) is 8.53. The van der Waals surface area contributed by atoms with Crippen LogP contribution >= 0.6 is 27.3 Å². The van der Waals surface area contributed by atoms with Crippen LogP contribution in [0.5, 0.6) is 0 Å². The number of hydrogen-bond acceptors (Lipinski definition) is 3. The lowest BCUT2D eigenvalue weighted by Gasteiger charge is -2.06. The van der Waals surface area contributed by atoms with E-state index in [0.29, 0.717) is 5.56 Å². The summed E-state index contributed by atoms with van der Waals surface area (Å²) in [6.07, 6.45) is 0. The Kier molecular flexibility index (Phi) is 3.01. The number of halogens is 1. The van der Waals surface area contributed by atoms with Crippen molar-refractivity contribution in [3.05, 3.63) is 33.1 Å².